The number of carbonyl (C=O) groups is 1. The van der Waals surface area contributed by atoms with Crippen LogP contribution in [0.15, 0.2) is 45.6 Å². The van der Waals surface area contributed by atoms with E-state index in [1.807, 2.05) is 6.07 Å². The number of nitrogens with one attached hydrogen (secondary N) is 1. The van der Waals surface area contributed by atoms with E-state index in [1.165, 1.54) is 24.3 Å². The lowest BCUT2D eigenvalue weighted by molar-refractivity contribution is 0.0974. The first kappa shape index (κ1) is 22.7. The average molecular weight is 453 g/mol. The molecule has 0 spiro atoms. The SMILES string of the molecule is C#CCCC1(CCN=C(N)NC(=O)c2c(O)ccc(C#N)c2-c2cccc(F)c2Cl)N=N1. The summed E-state index contributed by atoms with van der Waals surface area (Å²) in [6.45, 7) is 0.233. The highest BCUT2D eigenvalue weighted by Crippen LogP contribution is 2.38. The van der Waals surface area contributed by atoms with Crippen LogP contribution in [0.4, 0.5) is 4.39 Å². The molecule has 1 aliphatic rings. The van der Waals surface area contributed by atoms with Gasteiger partial charge in [0.1, 0.15) is 11.6 Å². The van der Waals surface area contributed by atoms with Gasteiger partial charge in [0.05, 0.1) is 22.2 Å². The number of phenols is 1. The van der Waals surface area contributed by atoms with Gasteiger partial charge in [0, 0.05) is 36.9 Å². The van der Waals surface area contributed by atoms with E-state index in [0.29, 0.717) is 19.3 Å². The molecule has 4 N–H and O–H groups in total. The summed E-state index contributed by atoms with van der Waals surface area (Å²) in [6.07, 6.45) is 6.87. The Morgan fingerprint density at radius 1 is 1.34 bits per heavy atom. The third-order valence-electron chi connectivity index (χ3n) is 4.84. The largest absolute Gasteiger partial charge is 0.507 e. The highest BCUT2D eigenvalue weighted by atomic mass is 35.5. The maximum atomic E-state index is 14.0. The predicted octanol–water partition coefficient (Wildman–Crippen LogP) is 3.73. The first-order valence-electron chi connectivity index (χ1n) is 9.51. The van der Waals surface area contributed by atoms with E-state index in [-0.39, 0.29) is 39.8 Å². The smallest absolute Gasteiger partial charge is 0.262 e. The molecule has 2 aromatic rings. The normalized spacial score (nSPS) is 13.8. The molecular formula is C22H18ClFN6O2. The number of amides is 1. The summed E-state index contributed by atoms with van der Waals surface area (Å²) in [5.74, 6) is 0.315. The molecule has 162 valence electrons. The van der Waals surface area contributed by atoms with E-state index in [1.54, 1.807) is 0 Å². The molecule has 0 aromatic heterocycles. The fourth-order valence-electron chi connectivity index (χ4n) is 3.13. The van der Waals surface area contributed by atoms with Gasteiger partial charge in [-0.2, -0.15) is 15.5 Å². The molecule has 1 heterocycles. The summed E-state index contributed by atoms with van der Waals surface area (Å²) in [6, 6.07) is 8.36. The second-order valence-electron chi connectivity index (χ2n) is 6.95. The summed E-state index contributed by atoms with van der Waals surface area (Å²) in [5, 5.41) is 29.9. The van der Waals surface area contributed by atoms with Crippen LogP contribution < -0.4 is 11.1 Å². The van der Waals surface area contributed by atoms with Crippen molar-refractivity contribution in [3.63, 3.8) is 0 Å². The number of rotatable bonds is 7. The molecule has 10 heteroatoms. The number of phenolic OH excluding ortho intramolecular Hbond substituents is 1. The first-order valence-corrected chi connectivity index (χ1v) is 9.89. The van der Waals surface area contributed by atoms with Crippen LogP contribution in [-0.2, 0) is 0 Å². The van der Waals surface area contributed by atoms with Crippen molar-refractivity contribution in [2.45, 2.75) is 24.9 Å². The van der Waals surface area contributed by atoms with Gasteiger partial charge < -0.3 is 10.8 Å². The van der Waals surface area contributed by atoms with Crippen molar-refractivity contribution in [2.24, 2.45) is 21.0 Å². The minimum absolute atomic E-state index is 0.0170. The predicted molar refractivity (Wildman–Crippen MR) is 117 cm³/mol. The molecule has 0 fully saturated rings. The Morgan fingerprint density at radius 2 is 2.09 bits per heavy atom. The zero-order chi connectivity index (χ0) is 23.3. The molecule has 0 radical (unpaired) electrons. The van der Waals surface area contributed by atoms with Crippen LogP contribution in [0.1, 0.15) is 35.2 Å². The number of hydrogen-bond acceptors (Lipinski definition) is 6. The second kappa shape index (κ2) is 9.46. The van der Waals surface area contributed by atoms with Crippen LogP contribution in [0.2, 0.25) is 5.02 Å². The van der Waals surface area contributed by atoms with Gasteiger partial charge in [-0.25, -0.2) is 4.39 Å². The van der Waals surface area contributed by atoms with Gasteiger partial charge in [0.25, 0.3) is 5.91 Å². The van der Waals surface area contributed by atoms with Crippen molar-refractivity contribution < 1.29 is 14.3 Å². The van der Waals surface area contributed by atoms with Crippen LogP contribution >= 0.6 is 11.6 Å². The van der Waals surface area contributed by atoms with Gasteiger partial charge >= 0.3 is 0 Å². The Kier molecular flexibility index (Phi) is 6.72. The molecule has 8 nitrogen and oxygen atoms in total. The fourth-order valence-corrected chi connectivity index (χ4v) is 3.35. The van der Waals surface area contributed by atoms with E-state index in [9.17, 15) is 19.6 Å². The van der Waals surface area contributed by atoms with Gasteiger partial charge in [0.15, 0.2) is 11.6 Å². The highest BCUT2D eigenvalue weighted by Gasteiger charge is 2.38. The van der Waals surface area contributed by atoms with Crippen molar-refractivity contribution in [1.82, 2.24) is 5.32 Å². The van der Waals surface area contributed by atoms with Crippen LogP contribution in [0.5, 0.6) is 5.75 Å². The van der Waals surface area contributed by atoms with Gasteiger partial charge in [-0.15, -0.1) is 12.3 Å². The van der Waals surface area contributed by atoms with Crippen LogP contribution in [0.25, 0.3) is 11.1 Å². The minimum atomic E-state index is -0.834. The summed E-state index contributed by atoms with van der Waals surface area (Å²) < 4.78 is 14.0. The number of nitriles is 1. The summed E-state index contributed by atoms with van der Waals surface area (Å²) in [7, 11) is 0. The lowest BCUT2D eigenvalue weighted by Crippen LogP contribution is -2.37. The first-order chi connectivity index (χ1) is 15.3. The zero-order valence-electron chi connectivity index (χ0n) is 16.8. The average Bonchev–Trinajstić information content (AvgIpc) is 3.53. The number of halogens is 2. The van der Waals surface area contributed by atoms with Crippen LogP contribution in [-0.4, -0.2) is 29.2 Å². The third kappa shape index (κ3) is 4.85. The molecule has 3 rings (SSSR count). The van der Waals surface area contributed by atoms with Crippen molar-refractivity contribution >= 4 is 23.5 Å². The standard InChI is InChI=1S/C22H18ClFN6O2/c1-2-3-9-22(29-30-22)10-11-27-21(26)28-20(32)18-16(31)8-7-13(12-25)17(18)14-5-4-6-15(24)19(14)23/h1,4-8,31H,3,9-11H2,(H3,26,27,28,32). The highest BCUT2D eigenvalue weighted by molar-refractivity contribution is 6.34. The number of carbonyl (C=O) groups excluding carboxylic acids is 1. The number of guanidine groups is 1. The molecule has 0 saturated carbocycles. The zero-order valence-corrected chi connectivity index (χ0v) is 17.5. The quantitative estimate of drug-likeness (QED) is 0.335. The summed E-state index contributed by atoms with van der Waals surface area (Å²) in [4.78, 5) is 17.0. The van der Waals surface area contributed by atoms with E-state index in [0.717, 1.165) is 6.07 Å². The molecule has 0 atom stereocenters. The molecule has 0 saturated heterocycles. The topological polar surface area (TPSA) is 136 Å². The number of nitrogens with two attached hydrogens (primary N) is 1. The number of benzene rings is 2. The Labute approximate surface area is 188 Å². The Bertz CT molecular complexity index is 1210. The lowest BCUT2D eigenvalue weighted by Gasteiger charge is -2.15. The number of aliphatic imine (C=N–C) groups is 1. The van der Waals surface area contributed by atoms with Crippen molar-refractivity contribution in [3.05, 3.63) is 52.3 Å². The van der Waals surface area contributed by atoms with Crippen LogP contribution in [0.3, 0.4) is 0 Å². The molecule has 1 amide bonds. The maximum absolute atomic E-state index is 14.0. The summed E-state index contributed by atoms with van der Waals surface area (Å²) in [5.41, 5.74) is 5.06. The Morgan fingerprint density at radius 3 is 2.75 bits per heavy atom. The van der Waals surface area contributed by atoms with E-state index >= 15 is 0 Å². The number of aromatic hydroxyl groups is 1. The molecule has 0 aliphatic carbocycles. The van der Waals surface area contributed by atoms with Crippen LogP contribution in [0, 0.1) is 29.5 Å². The molecule has 32 heavy (non-hydrogen) atoms. The van der Waals surface area contributed by atoms with Crippen molar-refractivity contribution in [3.8, 4) is 35.3 Å². The van der Waals surface area contributed by atoms with Gasteiger partial charge in [-0.3, -0.25) is 15.1 Å². The number of nitrogens with zero attached hydrogens (tertiary/aromatic N) is 4. The number of hydrogen-bond donors (Lipinski definition) is 3. The minimum Gasteiger partial charge on any atom is -0.507 e. The Hall–Kier alpha value is -3.95. The molecule has 1 aliphatic heterocycles. The van der Waals surface area contributed by atoms with Gasteiger partial charge in [0.2, 0.25) is 0 Å². The molecular weight excluding hydrogens is 435 g/mol. The Balaban J connectivity index is 1.85. The van der Waals surface area contributed by atoms with Crippen molar-refractivity contribution in [2.75, 3.05) is 6.54 Å². The van der Waals surface area contributed by atoms with E-state index < -0.39 is 23.1 Å². The van der Waals surface area contributed by atoms with E-state index in [4.69, 9.17) is 23.8 Å². The van der Waals surface area contributed by atoms with Gasteiger partial charge in [-0.05, 0) is 18.2 Å². The summed E-state index contributed by atoms with van der Waals surface area (Å²) >= 11 is 6.07. The fraction of sp³-hybridized carbons (Fsp3) is 0.227. The lowest BCUT2D eigenvalue weighted by atomic mass is 9.93. The molecule has 2 aromatic carbocycles. The maximum Gasteiger partial charge on any atom is 0.262 e. The van der Waals surface area contributed by atoms with Crippen molar-refractivity contribution in [1.29, 1.82) is 5.26 Å². The second-order valence-corrected chi connectivity index (χ2v) is 7.33. The van der Waals surface area contributed by atoms with Gasteiger partial charge in [-0.1, -0.05) is 23.7 Å². The monoisotopic (exact) mass is 452 g/mol. The third-order valence-corrected chi connectivity index (χ3v) is 5.22. The van der Waals surface area contributed by atoms with E-state index in [2.05, 4.69) is 26.5 Å². The molecule has 0 bridgehead atoms. The number of terminal acetylenes is 1. The molecule has 0 unspecified atom stereocenters.